The summed E-state index contributed by atoms with van der Waals surface area (Å²) in [5.74, 6) is 0.159. The first kappa shape index (κ1) is 14.0. The molecule has 3 rings (SSSR count). The summed E-state index contributed by atoms with van der Waals surface area (Å²) in [6.45, 7) is 0. The predicted octanol–water partition coefficient (Wildman–Crippen LogP) is 2.20. The monoisotopic (exact) mass is 292 g/mol. The number of hydrogen-bond acceptors (Lipinski definition) is 4. The van der Waals surface area contributed by atoms with Gasteiger partial charge in [0.15, 0.2) is 0 Å². The van der Waals surface area contributed by atoms with Crippen molar-refractivity contribution in [1.82, 2.24) is 15.0 Å². The molecule has 0 aliphatic rings. The van der Waals surface area contributed by atoms with Crippen molar-refractivity contribution in [2.24, 2.45) is 0 Å². The van der Waals surface area contributed by atoms with Crippen LogP contribution in [0.3, 0.4) is 0 Å². The van der Waals surface area contributed by atoms with Crippen LogP contribution < -0.4 is 11.3 Å². The Labute approximate surface area is 127 Å². The van der Waals surface area contributed by atoms with Gasteiger partial charge in [0.2, 0.25) is 5.95 Å². The molecule has 3 N–H and O–H groups in total. The number of nitrogens with two attached hydrogens (primary N) is 1. The lowest BCUT2D eigenvalue weighted by Gasteiger charge is -2.06. The maximum Gasteiger partial charge on any atom is 0.252 e. The Morgan fingerprint density at radius 2 is 1.91 bits per heavy atom. The Morgan fingerprint density at radius 3 is 2.68 bits per heavy atom. The van der Waals surface area contributed by atoms with Crippen molar-refractivity contribution in [1.29, 1.82) is 0 Å². The van der Waals surface area contributed by atoms with Crippen molar-refractivity contribution in [3.8, 4) is 11.1 Å². The molecule has 0 fully saturated rings. The van der Waals surface area contributed by atoms with E-state index in [1.807, 2.05) is 24.4 Å². The van der Waals surface area contributed by atoms with E-state index in [0.717, 1.165) is 17.5 Å². The molecule has 0 amide bonds. The van der Waals surface area contributed by atoms with Gasteiger partial charge in [-0.2, -0.15) is 0 Å². The standard InChI is InChI=1S/C17H16N4O/c18-17-20-15(10-16(22)21-17)7-6-12-3-1-4-13(9-12)14-5-2-8-19-11-14/h1-5,8-11H,6-7H2,(H3,18,20,21,22). The number of H-pyrrole nitrogens is 1. The maximum absolute atomic E-state index is 11.4. The van der Waals surface area contributed by atoms with Gasteiger partial charge in [-0.05, 0) is 35.6 Å². The second-order valence-corrected chi connectivity index (χ2v) is 5.06. The second-order valence-electron chi connectivity index (χ2n) is 5.06. The molecule has 2 aromatic heterocycles. The van der Waals surface area contributed by atoms with E-state index in [4.69, 9.17) is 5.73 Å². The van der Waals surface area contributed by atoms with Crippen molar-refractivity contribution in [2.75, 3.05) is 5.73 Å². The van der Waals surface area contributed by atoms with E-state index in [-0.39, 0.29) is 11.5 Å². The summed E-state index contributed by atoms with van der Waals surface area (Å²) < 4.78 is 0. The number of pyridine rings is 1. The summed E-state index contributed by atoms with van der Waals surface area (Å²) in [5, 5.41) is 0. The van der Waals surface area contributed by atoms with Crippen molar-refractivity contribution >= 4 is 5.95 Å². The molecular formula is C17H16N4O. The van der Waals surface area contributed by atoms with Crippen LogP contribution in [0, 0.1) is 0 Å². The van der Waals surface area contributed by atoms with Crippen molar-refractivity contribution in [3.05, 3.63) is 76.5 Å². The van der Waals surface area contributed by atoms with E-state index in [0.29, 0.717) is 12.1 Å². The van der Waals surface area contributed by atoms with Crippen LogP contribution in [-0.2, 0) is 12.8 Å². The third-order valence-corrected chi connectivity index (χ3v) is 3.40. The molecule has 0 saturated carbocycles. The zero-order valence-electron chi connectivity index (χ0n) is 12.0. The molecule has 0 radical (unpaired) electrons. The van der Waals surface area contributed by atoms with Crippen LogP contribution in [0.2, 0.25) is 0 Å². The van der Waals surface area contributed by atoms with Gasteiger partial charge in [-0.15, -0.1) is 0 Å². The minimum Gasteiger partial charge on any atom is -0.369 e. The highest BCUT2D eigenvalue weighted by Gasteiger charge is 2.02. The van der Waals surface area contributed by atoms with Crippen LogP contribution in [0.4, 0.5) is 5.95 Å². The first-order valence-corrected chi connectivity index (χ1v) is 7.06. The average molecular weight is 292 g/mol. The fraction of sp³-hybridized carbons (Fsp3) is 0.118. The summed E-state index contributed by atoms with van der Waals surface area (Å²) in [6.07, 6.45) is 5.07. The van der Waals surface area contributed by atoms with Gasteiger partial charge in [-0.3, -0.25) is 14.8 Å². The van der Waals surface area contributed by atoms with E-state index in [1.165, 1.54) is 11.6 Å². The van der Waals surface area contributed by atoms with Crippen LogP contribution >= 0.6 is 0 Å². The molecule has 110 valence electrons. The lowest BCUT2D eigenvalue weighted by Crippen LogP contribution is -2.12. The minimum atomic E-state index is -0.216. The molecule has 1 aromatic carbocycles. The van der Waals surface area contributed by atoms with Gasteiger partial charge < -0.3 is 5.73 Å². The van der Waals surface area contributed by atoms with Gasteiger partial charge in [0.1, 0.15) is 0 Å². The van der Waals surface area contributed by atoms with Crippen LogP contribution in [0.15, 0.2) is 59.7 Å². The first-order valence-electron chi connectivity index (χ1n) is 7.06. The number of aryl methyl sites for hydroxylation is 2. The molecule has 22 heavy (non-hydrogen) atoms. The fourth-order valence-electron chi connectivity index (χ4n) is 2.37. The van der Waals surface area contributed by atoms with Crippen molar-refractivity contribution < 1.29 is 0 Å². The molecule has 2 heterocycles. The molecule has 0 saturated heterocycles. The molecule has 0 atom stereocenters. The Morgan fingerprint density at radius 1 is 1.05 bits per heavy atom. The average Bonchev–Trinajstić information content (AvgIpc) is 2.53. The predicted molar refractivity (Wildman–Crippen MR) is 86.4 cm³/mol. The number of nitrogens with zero attached hydrogens (tertiary/aromatic N) is 2. The summed E-state index contributed by atoms with van der Waals surface area (Å²) in [4.78, 5) is 22.1. The Bertz CT molecular complexity index is 827. The van der Waals surface area contributed by atoms with Crippen LogP contribution in [0.5, 0.6) is 0 Å². The molecule has 0 aliphatic heterocycles. The number of aromatic amines is 1. The van der Waals surface area contributed by atoms with Crippen molar-refractivity contribution in [3.63, 3.8) is 0 Å². The molecule has 0 aliphatic carbocycles. The Kier molecular flexibility index (Phi) is 3.96. The van der Waals surface area contributed by atoms with E-state index in [2.05, 4.69) is 33.2 Å². The third kappa shape index (κ3) is 3.38. The first-order chi connectivity index (χ1) is 10.7. The van der Waals surface area contributed by atoms with Crippen molar-refractivity contribution in [2.45, 2.75) is 12.8 Å². The minimum absolute atomic E-state index is 0.159. The van der Waals surface area contributed by atoms with E-state index < -0.39 is 0 Å². The highest BCUT2D eigenvalue weighted by atomic mass is 16.1. The van der Waals surface area contributed by atoms with E-state index >= 15 is 0 Å². The topological polar surface area (TPSA) is 84.7 Å². The smallest absolute Gasteiger partial charge is 0.252 e. The number of nitrogen functional groups attached to an aromatic ring is 1. The highest BCUT2D eigenvalue weighted by molar-refractivity contribution is 5.62. The normalized spacial score (nSPS) is 10.5. The van der Waals surface area contributed by atoms with Gasteiger partial charge in [-0.1, -0.05) is 30.3 Å². The lowest BCUT2D eigenvalue weighted by atomic mass is 10.0. The summed E-state index contributed by atoms with van der Waals surface area (Å²) in [7, 11) is 0. The van der Waals surface area contributed by atoms with E-state index in [1.54, 1.807) is 6.20 Å². The molecule has 5 nitrogen and oxygen atoms in total. The Hall–Kier alpha value is -2.95. The van der Waals surface area contributed by atoms with Crippen LogP contribution in [0.1, 0.15) is 11.3 Å². The Balaban J connectivity index is 1.77. The van der Waals surface area contributed by atoms with Crippen LogP contribution in [0.25, 0.3) is 11.1 Å². The quantitative estimate of drug-likeness (QED) is 0.772. The molecule has 3 aromatic rings. The zero-order chi connectivity index (χ0) is 15.4. The molecular weight excluding hydrogens is 276 g/mol. The molecule has 0 unspecified atom stereocenters. The van der Waals surface area contributed by atoms with Gasteiger partial charge >= 0.3 is 0 Å². The maximum atomic E-state index is 11.4. The number of hydrogen-bond donors (Lipinski definition) is 2. The van der Waals surface area contributed by atoms with Gasteiger partial charge in [0.05, 0.1) is 5.69 Å². The third-order valence-electron chi connectivity index (χ3n) is 3.40. The van der Waals surface area contributed by atoms with Gasteiger partial charge in [0.25, 0.3) is 5.56 Å². The fourth-order valence-corrected chi connectivity index (χ4v) is 2.37. The number of aromatic nitrogens is 3. The zero-order valence-corrected chi connectivity index (χ0v) is 12.0. The molecule has 0 spiro atoms. The number of rotatable bonds is 4. The van der Waals surface area contributed by atoms with Gasteiger partial charge in [0, 0.05) is 18.5 Å². The van der Waals surface area contributed by atoms with Gasteiger partial charge in [-0.25, -0.2) is 4.98 Å². The SMILES string of the molecule is Nc1nc(CCc2cccc(-c3cccnc3)c2)cc(=O)[nH]1. The number of nitrogens with one attached hydrogen (secondary N) is 1. The van der Waals surface area contributed by atoms with Crippen LogP contribution in [-0.4, -0.2) is 15.0 Å². The highest BCUT2D eigenvalue weighted by Crippen LogP contribution is 2.19. The lowest BCUT2D eigenvalue weighted by molar-refractivity contribution is 0.899. The summed E-state index contributed by atoms with van der Waals surface area (Å²) in [6, 6.07) is 13.7. The second kappa shape index (κ2) is 6.22. The summed E-state index contributed by atoms with van der Waals surface area (Å²) >= 11 is 0. The molecule has 0 bridgehead atoms. The molecule has 5 heteroatoms. The van der Waals surface area contributed by atoms with E-state index in [9.17, 15) is 4.79 Å². The number of anilines is 1. The largest absolute Gasteiger partial charge is 0.369 e. The number of benzene rings is 1. The summed E-state index contributed by atoms with van der Waals surface area (Å²) in [5.41, 5.74) is 9.44.